The van der Waals surface area contributed by atoms with E-state index in [-0.39, 0.29) is 24.2 Å². The van der Waals surface area contributed by atoms with E-state index < -0.39 is 0 Å². The van der Waals surface area contributed by atoms with E-state index >= 15 is 0 Å². The van der Waals surface area contributed by atoms with Crippen LogP contribution in [-0.4, -0.2) is 47.8 Å². The summed E-state index contributed by atoms with van der Waals surface area (Å²) in [7, 11) is 0. The molecule has 0 atom stereocenters. The summed E-state index contributed by atoms with van der Waals surface area (Å²) in [5.74, 6) is 0.00819. The summed E-state index contributed by atoms with van der Waals surface area (Å²) in [4.78, 5) is 29.1. The zero-order chi connectivity index (χ0) is 17.8. The molecule has 138 valence electrons. The van der Waals surface area contributed by atoms with Crippen LogP contribution in [0, 0.1) is 6.92 Å². The van der Waals surface area contributed by atoms with Crippen LogP contribution in [0.5, 0.6) is 0 Å². The monoisotopic (exact) mass is 373 g/mol. The number of anilines is 1. The molecule has 0 unspecified atom stereocenters. The van der Waals surface area contributed by atoms with Crippen LogP contribution in [-0.2, 0) is 0 Å². The quantitative estimate of drug-likeness (QED) is 0.823. The SMILES string of the molecule is Cc1ccc(N)cc1C(=O)N1CCCN(C(=O)c2ccccc2)CC1.Cl. The third-order valence-electron chi connectivity index (χ3n) is 4.58. The molecule has 0 saturated carbocycles. The highest BCUT2D eigenvalue weighted by atomic mass is 35.5. The Morgan fingerprint density at radius 2 is 1.50 bits per heavy atom. The summed E-state index contributed by atoms with van der Waals surface area (Å²) < 4.78 is 0. The third-order valence-corrected chi connectivity index (χ3v) is 4.58. The Hall–Kier alpha value is -2.53. The van der Waals surface area contributed by atoms with Crippen molar-refractivity contribution >= 4 is 29.9 Å². The Morgan fingerprint density at radius 3 is 2.15 bits per heavy atom. The molecule has 6 heteroatoms. The van der Waals surface area contributed by atoms with E-state index in [2.05, 4.69) is 0 Å². The van der Waals surface area contributed by atoms with Crippen LogP contribution in [0.25, 0.3) is 0 Å². The highest BCUT2D eigenvalue weighted by molar-refractivity contribution is 5.97. The molecule has 1 fully saturated rings. The standard InChI is InChI=1S/C20H23N3O2.ClH/c1-15-8-9-17(21)14-18(15)20(25)23-11-5-10-22(12-13-23)19(24)16-6-3-2-4-7-16;/h2-4,6-9,14H,5,10-13,21H2,1H3;1H. The van der Waals surface area contributed by atoms with Gasteiger partial charge in [-0.3, -0.25) is 9.59 Å². The lowest BCUT2D eigenvalue weighted by atomic mass is 10.1. The van der Waals surface area contributed by atoms with Crippen molar-refractivity contribution in [2.45, 2.75) is 13.3 Å². The average Bonchev–Trinajstić information content (AvgIpc) is 2.89. The minimum Gasteiger partial charge on any atom is -0.399 e. The summed E-state index contributed by atoms with van der Waals surface area (Å²) >= 11 is 0. The van der Waals surface area contributed by atoms with Crippen molar-refractivity contribution < 1.29 is 9.59 Å². The van der Waals surface area contributed by atoms with Gasteiger partial charge in [0, 0.05) is 43.0 Å². The van der Waals surface area contributed by atoms with Crippen LogP contribution in [0.1, 0.15) is 32.7 Å². The van der Waals surface area contributed by atoms with Gasteiger partial charge in [-0.1, -0.05) is 24.3 Å². The lowest BCUT2D eigenvalue weighted by Crippen LogP contribution is -2.37. The summed E-state index contributed by atoms with van der Waals surface area (Å²) in [6.07, 6.45) is 0.770. The molecule has 0 aliphatic carbocycles. The second-order valence-electron chi connectivity index (χ2n) is 6.38. The van der Waals surface area contributed by atoms with Crippen LogP contribution in [0.2, 0.25) is 0 Å². The van der Waals surface area contributed by atoms with Crippen LogP contribution in [0.4, 0.5) is 5.69 Å². The van der Waals surface area contributed by atoms with Gasteiger partial charge in [0.2, 0.25) is 0 Å². The summed E-state index contributed by atoms with van der Waals surface area (Å²) in [5.41, 5.74) is 8.66. The summed E-state index contributed by atoms with van der Waals surface area (Å²) in [6, 6.07) is 14.7. The first-order valence-electron chi connectivity index (χ1n) is 8.56. The molecule has 1 aliphatic heterocycles. The molecule has 2 aromatic rings. The van der Waals surface area contributed by atoms with E-state index in [1.807, 2.05) is 53.1 Å². The van der Waals surface area contributed by atoms with Crippen LogP contribution in [0.15, 0.2) is 48.5 Å². The van der Waals surface area contributed by atoms with Crippen molar-refractivity contribution in [3.8, 4) is 0 Å². The smallest absolute Gasteiger partial charge is 0.254 e. The van der Waals surface area contributed by atoms with Gasteiger partial charge in [0.1, 0.15) is 0 Å². The van der Waals surface area contributed by atoms with Crippen molar-refractivity contribution in [1.29, 1.82) is 0 Å². The maximum Gasteiger partial charge on any atom is 0.254 e. The molecular formula is C20H24ClN3O2. The number of carbonyl (C=O) groups is 2. The Balaban J connectivity index is 0.00000243. The van der Waals surface area contributed by atoms with Crippen LogP contribution < -0.4 is 5.73 Å². The van der Waals surface area contributed by atoms with Gasteiger partial charge in [0.25, 0.3) is 11.8 Å². The van der Waals surface area contributed by atoms with Crippen molar-refractivity contribution in [2.75, 3.05) is 31.9 Å². The van der Waals surface area contributed by atoms with Crippen LogP contribution >= 0.6 is 12.4 Å². The highest BCUT2D eigenvalue weighted by Crippen LogP contribution is 2.17. The Kier molecular flexibility index (Phi) is 6.64. The number of nitrogens with two attached hydrogens (primary N) is 1. The van der Waals surface area contributed by atoms with E-state index in [1.54, 1.807) is 12.1 Å². The number of amides is 2. The minimum atomic E-state index is -0.0150. The second-order valence-corrected chi connectivity index (χ2v) is 6.38. The molecule has 2 aromatic carbocycles. The highest BCUT2D eigenvalue weighted by Gasteiger charge is 2.24. The molecule has 2 amide bonds. The number of halogens is 1. The molecule has 26 heavy (non-hydrogen) atoms. The van der Waals surface area contributed by atoms with Crippen molar-refractivity contribution in [1.82, 2.24) is 9.80 Å². The molecule has 1 saturated heterocycles. The van der Waals surface area contributed by atoms with Gasteiger partial charge in [0.15, 0.2) is 0 Å². The van der Waals surface area contributed by atoms with Crippen molar-refractivity contribution in [3.63, 3.8) is 0 Å². The molecule has 2 N–H and O–H groups in total. The first kappa shape index (κ1) is 19.8. The largest absolute Gasteiger partial charge is 0.399 e. The van der Waals surface area contributed by atoms with E-state index in [4.69, 9.17) is 5.73 Å². The second kappa shape index (κ2) is 8.72. The third kappa shape index (κ3) is 4.35. The average molecular weight is 374 g/mol. The van der Waals surface area contributed by atoms with Gasteiger partial charge in [-0.15, -0.1) is 12.4 Å². The predicted molar refractivity (Wildman–Crippen MR) is 106 cm³/mol. The number of benzene rings is 2. The molecule has 0 aromatic heterocycles. The fourth-order valence-electron chi connectivity index (χ4n) is 3.13. The Morgan fingerprint density at radius 1 is 0.885 bits per heavy atom. The van der Waals surface area contributed by atoms with Gasteiger partial charge < -0.3 is 15.5 Å². The number of aryl methyl sites for hydroxylation is 1. The molecule has 1 aliphatic rings. The number of nitrogens with zero attached hydrogens (tertiary/aromatic N) is 2. The number of hydrogen-bond acceptors (Lipinski definition) is 3. The minimum absolute atomic E-state index is 0. The van der Waals surface area contributed by atoms with Gasteiger partial charge in [0.05, 0.1) is 0 Å². The molecule has 0 spiro atoms. The first-order chi connectivity index (χ1) is 12.1. The Labute approximate surface area is 160 Å². The van der Waals surface area contributed by atoms with Gasteiger partial charge >= 0.3 is 0 Å². The number of hydrogen-bond donors (Lipinski definition) is 1. The fourth-order valence-corrected chi connectivity index (χ4v) is 3.13. The van der Waals surface area contributed by atoms with E-state index in [1.165, 1.54) is 0 Å². The number of rotatable bonds is 2. The number of nitrogen functional groups attached to an aromatic ring is 1. The van der Waals surface area contributed by atoms with E-state index in [0.29, 0.717) is 43.0 Å². The lowest BCUT2D eigenvalue weighted by Gasteiger charge is -2.23. The van der Waals surface area contributed by atoms with E-state index in [9.17, 15) is 9.59 Å². The molecule has 1 heterocycles. The fraction of sp³-hybridized carbons (Fsp3) is 0.300. The van der Waals surface area contributed by atoms with Crippen LogP contribution in [0.3, 0.4) is 0 Å². The topological polar surface area (TPSA) is 66.6 Å². The number of carbonyl (C=O) groups excluding carboxylic acids is 2. The molecular weight excluding hydrogens is 350 g/mol. The zero-order valence-corrected chi connectivity index (χ0v) is 15.7. The first-order valence-corrected chi connectivity index (χ1v) is 8.56. The normalized spacial score (nSPS) is 14.3. The molecule has 0 bridgehead atoms. The summed E-state index contributed by atoms with van der Waals surface area (Å²) in [6.45, 7) is 4.29. The van der Waals surface area contributed by atoms with E-state index in [0.717, 1.165) is 12.0 Å². The lowest BCUT2D eigenvalue weighted by molar-refractivity contribution is 0.0718. The maximum atomic E-state index is 12.8. The van der Waals surface area contributed by atoms with Gasteiger partial charge in [-0.05, 0) is 43.2 Å². The van der Waals surface area contributed by atoms with Gasteiger partial charge in [-0.2, -0.15) is 0 Å². The maximum absolute atomic E-state index is 12.8. The zero-order valence-electron chi connectivity index (χ0n) is 14.9. The van der Waals surface area contributed by atoms with Crippen molar-refractivity contribution in [3.05, 3.63) is 65.2 Å². The van der Waals surface area contributed by atoms with Crippen molar-refractivity contribution in [2.24, 2.45) is 0 Å². The molecule has 0 radical (unpaired) electrons. The molecule has 5 nitrogen and oxygen atoms in total. The summed E-state index contributed by atoms with van der Waals surface area (Å²) in [5, 5.41) is 0. The Bertz CT molecular complexity index is 780. The molecule has 3 rings (SSSR count). The predicted octanol–water partition coefficient (Wildman–Crippen LogP) is 2.99. The van der Waals surface area contributed by atoms with Gasteiger partial charge in [-0.25, -0.2) is 0 Å².